The number of hydrogen-bond acceptors (Lipinski definition) is 2. The summed E-state index contributed by atoms with van der Waals surface area (Å²) in [5, 5.41) is 3.50. The zero-order valence-electron chi connectivity index (χ0n) is 8.17. The Bertz CT molecular complexity index is 163. The minimum absolute atomic E-state index is 0.495. The summed E-state index contributed by atoms with van der Waals surface area (Å²) in [6.07, 6.45) is 10.1. The summed E-state index contributed by atoms with van der Waals surface area (Å²) in [6.45, 7) is 3.18. The highest BCUT2D eigenvalue weighted by Gasteiger charge is 2.15. The predicted octanol–water partition coefficient (Wildman–Crippen LogP) is 1.72. The molecule has 2 nitrogen and oxygen atoms in total. The molecule has 0 aromatic carbocycles. The summed E-state index contributed by atoms with van der Waals surface area (Å²) < 4.78 is 5.54. The second-order valence-corrected chi connectivity index (χ2v) is 4.10. The van der Waals surface area contributed by atoms with E-state index < -0.39 is 0 Å². The van der Waals surface area contributed by atoms with Crippen molar-refractivity contribution in [2.75, 3.05) is 19.7 Å². The lowest BCUT2D eigenvalue weighted by molar-refractivity contribution is 0.109. The van der Waals surface area contributed by atoms with Crippen molar-refractivity contribution in [1.29, 1.82) is 0 Å². The highest BCUT2D eigenvalue weighted by molar-refractivity contribution is 4.94. The average molecular weight is 181 g/mol. The smallest absolute Gasteiger partial charge is 0.0700 e. The van der Waals surface area contributed by atoms with E-state index >= 15 is 0 Å². The Hall–Kier alpha value is -0.340. The minimum atomic E-state index is 0.495. The van der Waals surface area contributed by atoms with Gasteiger partial charge in [0.2, 0.25) is 0 Å². The molecule has 0 amide bonds. The maximum absolute atomic E-state index is 5.54. The van der Waals surface area contributed by atoms with Crippen molar-refractivity contribution in [3.05, 3.63) is 12.2 Å². The van der Waals surface area contributed by atoms with E-state index in [1.54, 1.807) is 0 Å². The first-order valence-electron chi connectivity index (χ1n) is 5.42. The third-order valence-corrected chi connectivity index (χ3v) is 2.93. The first kappa shape index (κ1) is 9.22. The molecular weight excluding hydrogens is 162 g/mol. The number of ether oxygens (including phenoxy) is 1. The lowest BCUT2D eigenvalue weighted by Crippen LogP contribution is -2.29. The van der Waals surface area contributed by atoms with Crippen LogP contribution >= 0.6 is 0 Å². The number of hydrogen-bond donors (Lipinski definition) is 1. The van der Waals surface area contributed by atoms with Gasteiger partial charge < -0.3 is 10.1 Å². The molecule has 0 aromatic rings. The van der Waals surface area contributed by atoms with E-state index in [1.165, 1.54) is 25.7 Å². The lowest BCUT2D eigenvalue weighted by Gasteiger charge is -2.13. The van der Waals surface area contributed by atoms with Gasteiger partial charge >= 0.3 is 0 Å². The van der Waals surface area contributed by atoms with E-state index in [4.69, 9.17) is 4.74 Å². The molecule has 13 heavy (non-hydrogen) atoms. The van der Waals surface area contributed by atoms with Crippen molar-refractivity contribution < 1.29 is 4.74 Å². The van der Waals surface area contributed by atoms with E-state index in [1.807, 2.05) is 0 Å². The Morgan fingerprint density at radius 1 is 1.23 bits per heavy atom. The topological polar surface area (TPSA) is 21.3 Å². The van der Waals surface area contributed by atoms with Gasteiger partial charge in [0.25, 0.3) is 0 Å². The summed E-state index contributed by atoms with van der Waals surface area (Å²) in [6, 6.07) is 0. The maximum Gasteiger partial charge on any atom is 0.0700 e. The molecule has 2 heteroatoms. The Morgan fingerprint density at radius 3 is 2.77 bits per heavy atom. The van der Waals surface area contributed by atoms with Crippen LogP contribution in [0.25, 0.3) is 0 Å². The van der Waals surface area contributed by atoms with Gasteiger partial charge in [0.1, 0.15) is 0 Å². The second kappa shape index (κ2) is 4.77. The van der Waals surface area contributed by atoms with Crippen molar-refractivity contribution in [2.45, 2.75) is 31.8 Å². The van der Waals surface area contributed by atoms with E-state index in [2.05, 4.69) is 17.5 Å². The molecule has 74 valence electrons. The average Bonchev–Trinajstić information content (AvgIpc) is 2.75. The van der Waals surface area contributed by atoms with Gasteiger partial charge in [-0.15, -0.1) is 0 Å². The fourth-order valence-corrected chi connectivity index (χ4v) is 2.09. The van der Waals surface area contributed by atoms with Crippen LogP contribution in [0.4, 0.5) is 0 Å². The summed E-state index contributed by atoms with van der Waals surface area (Å²) in [5.41, 5.74) is 0. The molecule has 1 saturated heterocycles. The van der Waals surface area contributed by atoms with E-state index in [-0.39, 0.29) is 0 Å². The third-order valence-electron chi connectivity index (χ3n) is 2.93. The first-order valence-corrected chi connectivity index (χ1v) is 5.42. The number of allylic oxidation sites excluding steroid dienone is 2. The molecule has 0 radical (unpaired) electrons. The Balaban J connectivity index is 1.53. The quantitative estimate of drug-likeness (QED) is 0.667. The highest BCUT2D eigenvalue weighted by Crippen LogP contribution is 2.16. The van der Waals surface area contributed by atoms with E-state index in [0.717, 1.165) is 25.6 Å². The molecular formula is C11H19NO. The van der Waals surface area contributed by atoms with Gasteiger partial charge in [-0.1, -0.05) is 12.2 Å². The van der Waals surface area contributed by atoms with Crippen LogP contribution in [0, 0.1) is 5.92 Å². The molecule has 0 saturated carbocycles. The van der Waals surface area contributed by atoms with Crippen LogP contribution in [-0.4, -0.2) is 25.8 Å². The summed E-state index contributed by atoms with van der Waals surface area (Å²) in [5.74, 6) is 0.849. The highest BCUT2D eigenvalue weighted by atomic mass is 16.5. The molecule has 1 unspecified atom stereocenters. The SMILES string of the molecule is C1=CCC(CNCC2CCCO2)C1. The Kier molecular flexibility index (Phi) is 3.39. The van der Waals surface area contributed by atoms with Gasteiger partial charge in [-0.3, -0.25) is 0 Å². The Morgan fingerprint density at radius 2 is 2.08 bits per heavy atom. The minimum Gasteiger partial charge on any atom is -0.377 e. The van der Waals surface area contributed by atoms with Crippen molar-refractivity contribution in [3.8, 4) is 0 Å². The van der Waals surface area contributed by atoms with Crippen LogP contribution in [0.1, 0.15) is 25.7 Å². The monoisotopic (exact) mass is 181 g/mol. The molecule has 1 aliphatic heterocycles. The van der Waals surface area contributed by atoms with E-state index in [9.17, 15) is 0 Å². The maximum atomic E-state index is 5.54. The zero-order chi connectivity index (χ0) is 8.93. The molecule has 2 rings (SSSR count). The van der Waals surface area contributed by atoms with Gasteiger partial charge in [0, 0.05) is 13.2 Å². The van der Waals surface area contributed by atoms with Gasteiger partial charge in [-0.05, 0) is 38.1 Å². The summed E-state index contributed by atoms with van der Waals surface area (Å²) >= 11 is 0. The standard InChI is InChI=1S/C11H19NO/c1-2-5-10(4-1)8-12-9-11-6-3-7-13-11/h1-2,10-12H,3-9H2. The third kappa shape index (κ3) is 2.82. The van der Waals surface area contributed by atoms with Crippen LogP contribution in [0.2, 0.25) is 0 Å². The van der Waals surface area contributed by atoms with Crippen LogP contribution in [-0.2, 0) is 4.74 Å². The van der Waals surface area contributed by atoms with Gasteiger partial charge in [0.15, 0.2) is 0 Å². The van der Waals surface area contributed by atoms with Crippen LogP contribution < -0.4 is 5.32 Å². The van der Waals surface area contributed by atoms with Crippen LogP contribution in [0.15, 0.2) is 12.2 Å². The molecule has 1 heterocycles. The largest absolute Gasteiger partial charge is 0.377 e. The zero-order valence-corrected chi connectivity index (χ0v) is 8.17. The van der Waals surface area contributed by atoms with Crippen molar-refractivity contribution in [1.82, 2.24) is 5.32 Å². The predicted molar refractivity (Wildman–Crippen MR) is 53.7 cm³/mol. The van der Waals surface area contributed by atoms with Gasteiger partial charge in [-0.25, -0.2) is 0 Å². The summed E-state index contributed by atoms with van der Waals surface area (Å²) in [4.78, 5) is 0. The molecule has 1 fully saturated rings. The molecule has 1 atom stereocenters. The fraction of sp³-hybridized carbons (Fsp3) is 0.818. The van der Waals surface area contributed by atoms with E-state index in [0.29, 0.717) is 6.10 Å². The first-order chi connectivity index (χ1) is 6.45. The van der Waals surface area contributed by atoms with Gasteiger partial charge in [-0.2, -0.15) is 0 Å². The van der Waals surface area contributed by atoms with Crippen molar-refractivity contribution in [2.24, 2.45) is 5.92 Å². The molecule has 0 bridgehead atoms. The van der Waals surface area contributed by atoms with Crippen LogP contribution in [0.3, 0.4) is 0 Å². The fourth-order valence-electron chi connectivity index (χ4n) is 2.09. The summed E-state index contributed by atoms with van der Waals surface area (Å²) in [7, 11) is 0. The van der Waals surface area contributed by atoms with Crippen molar-refractivity contribution in [3.63, 3.8) is 0 Å². The Labute approximate surface area is 80.4 Å². The second-order valence-electron chi connectivity index (χ2n) is 4.10. The van der Waals surface area contributed by atoms with Crippen LogP contribution in [0.5, 0.6) is 0 Å². The molecule has 1 aliphatic carbocycles. The molecule has 2 aliphatic rings. The molecule has 0 aromatic heterocycles. The molecule has 0 spiro atoms. The normalized spacial score (nSPS) is 28.8. The number of nitrogens with one attached hydrogen (secondary N) is 1. The van der Waals surface area contributed by atoms with Crippen molar-refractivity contribution >= 4 is 0 Å². The number of rotatable bonds is 4. The van der Waals surface area contributed by atoms with Gasteiger partial charge in [0.05, 0.1) is 6.10 Å². The molecule has 1 N–H and O–H groups in total. The lowest BCUT2D eigenvalue weighted by atomic mass is 10.1.